The van der Waals surface area contributed by atoms with Crippen LogP contribution in [0, 0.1) is 11.3 Å². The van der Waals surface area contributed by atoms with Crippen LogP contribution in [-0.4, -0.2) is 12.2 Å². The summed E-state index contributed by atoms with van der Waals surface area (Å²) >= 11 is 11.7. The minimum absolute atomic E-state index is 0.0397. The number of hydrogen-bond acceptors (Lipinski definition) is 4. The van der Waals surface area contributed by atoms with Crippen LogP contribution in [-0.2, 0) is 16.2 Å². The van der Waals surface area contributed by atoms with Gasteiger partial charge in [0, 0.05) is 0 Å². The fraction of sp³-hybridized carbons (Fsp3) is 0.0556. The Kier molecular flexibility index (Phi) is 7.02. The standard InChI is InChI=1S/C18H13Cl2N3O2/c19-16-7-6-14(9-17(16)20)11-25-23-12-22-18(24)15(10-21)8-13-4-2-1-3-5-13/h1-9,12H,11H2,(H,22,23,24)/b15-8+. The third-order valence-corrected chi connectivity index (χ3v) is 3.75. The van der Waals surface area contributed by atoms with Gasteiger partial charge in [-0.2, -0.15) is 5.26 Å². The van der Waals surface area contributed by atoms with Crippen LogP contribution < -0.4 is 5.32 Å². The number of nitriles is 1. The van der Waals surface area contributed by atoms with Gasteiger partial charge in [-0.05, 0) is 29.3 Å². The lowest BCUT2D eigenvalue weighted by Crippen LogP contribution is -2.22. The number of hydrogen-bond donors (Lipinski definition) is 1. The van der Waals surface area contributed by atoms with Gasteiger partial charge in [0.15, 0.2) is 0 Å². The lowest BCUT2D eigenvalue weighted by Gasteiger charge is -2.02. The summed E-state index contributed by atoms with van der Waals surface area (Å²) in [6.07, 6.45) is 2.57. The number of oxime groups is 1. The van der Waals surface area contributed by atoms with E-state index in [-0.39, 0.29) is 12.2 Å². The molecule has 0 radical (unpaired) electrons. The molecule has 0 aromatic heterocycles. The van der Waals surface area contributed by atoms with Crippen LogP contribution in [0.5, 0.6) is 0 Å². The highest BCUT2D eigenvalue weighted by Gasteiger charge is 2.07. The molecule has 0 fully saturated rings. The smallest absolute Gasteiger partial charge is 0.267 e. The Balaban J connectivity index is 1.86. The summed E-state index contributed by atoms with van der Waals surface area (Å²) in [6, 6.07) is 16.0. The summed E-state index contributed by atoms with van der Waals surface area (Å²) in [5.41, 5.74) is 1.49. The number of carbonyl (C=O) groups excluding carboxylic acids is 1. The van der Waals surface area contributed by atoms with E-state index >= 15 is 0 Å². The molecule has 25 heavy (non-hydrogen) atoms. The summed E-state index contributed by atoms with van der Waals surface area (Å²) in [4.78, 5) is 17.0. The van der Waals surface area contributed by atoms with Gasteiger partial charge in [0.2, 0.25) is 0 Å². The van der Waals surface area contributed by atoms with E-state index in [1.807, 2.05) is 24.3 Å². The average Bonchev–Trinajstić information content (AvgIpc) is 2.63. The van der Waals surface area contributed by atoms with E-state index in [9.17, 15) is 4.79 Å². The molecule has 0 bridgehead atoms. The number of halogens is 2. The zero-order valence-electron chi connectivity index (χ0n) is 12.9. The Bertz CT molecular complexity index is 843. The molecule has 0 saturated carbocycles. The van der Waals surface area contributed by atoms with Crippen molar-refractivity contribution in [3.8, 4) is 6.07 Å². The Morgan fingerprint density at radius 1 is 1.20 bits per heavy atom. The lowest BCUT2D eigenvalue weighted by atomic mass is 10.1. The molecule has 0 aliphatic rings. The Hall–Kier alpha value is -2.81. The normalized spacial score (nSPS) is 11.2. The Morgan fingerprint density at radius 3 is 2.64 bits per heavy atom. The molecule has 2 rings (SSSR count). The number of carbonyl (C=O) groups is 1. The first-order valence-electron chi connectivity index (χ1n) is 7.15. The maximum atomic E-state index is 11.9. The van der Waals surface area contributed by atoms with Gasteiger partial charge in [-0.15, -0.1) is 0 Å². The molecule has 0 heterocycles. The molecule has 2 aromatic carbocycles. The third kappa shape index (κ3) is 5.96. The second-order valence-electron chi connectivity index (χ2n) is 4.81. The summed E-state index contributed by atoms with van der Waals surface area (Å²) < 4.78 is 0. The van der Waals surface area contributed by atoms with E-state index in [1.165, 1.54) is 6.08 Å². The highest BCUT2D eigenvalue weighted by molar-refractivity contribution is 6.42. The van der Waals surface area contributed by atoms with Gasteiger partial charge in [-0.1, -0.05) is 64.8 Å². The first kappa shape index (κ1) is 18.5. The third-order valence-electron chi connectivity index (χ3n) is 3.01. The first-order valence-corrected chi connectivity index (χ1v) is 7.91. The maximum absolute atomic E-state index is 11.9. The highest BCUT2D eigenvalue weighted by Crippen LogP contribution is 2.22. The predicted octanol–water partition coefficient (Wildman–Crippen LogP) is 4.18. The molecule has 0 aliphatic carbocycles. The SMILES string of the molecule is N#C/C(=C\c1ccccc1)C(=O)N/C=N/OCc1ccc(Cl)c(Cl)c1. The van der Waals surface area contributed by atoms with Crippen molar-refractivity contribution in [2.75, 3.05) is 0 Å². The van der Waals surface area contributed by atoms with Crippen molar-refractivity contribution in [3.05, 3.63) is 75.3 Å². The van der Waals surface area contributed by atoms with Gasteiger partial charge in [-0.3, -0.25) is 4.79 Å². The topological polar surface area (TPSA) is 74.5 Å². The van der Waals surface area contributed by atoms with Gasteiger partial charge in [0.1, 0.15) is 24.6 Å². The van der Waals surface area contributed by atoms with E-state index in [1.54, 1.807) is 30.3 Å². The molecule has 0 atom stereocenters. The summed E-state index contributed by atoms with van der Waals surface area (Å²) in [6.45, 7) is 0.161. The molecule has 126 valence electrons. The maximum Gasteiger partial charge on any atom is 0.267 e. The van der Waals surface area contributed by atoms with Gasteiger partial charge in [-0.25, -0.2) is 0 Å². The summed E-state index contributed by atoms with van der Waals surface area (Å²) in [5.74, 6) is -0.576. The van der Waals surface area contributed by atoms with E-state index in [0.29, 0.717) is 10.0 Å². The number of nitrogens with one attached hydrogen (secondary N) is 1. The molecule has 2 aromatic rings. The molecule has 1 N–H and O–H groups in total. The van der Waals surface area contributed by atoms with Crippen LogP contribution in [0.15, 0.2) is 59.3 Å². The molecular formula is C18H13Cl2N3O2. The fourth-order valence-corrected chi connectivity index (χ4v) is 2.13. The predicted molar refractivity (Wildman–Crippen MR) is 97.9 cm³/mol. The van der Waals surface area contributed by atoms with Crippen LogP contribution in [0.2, 0.25) is 10.0 Å². The van der Waals surface area contributed by atoms with Crippen molar-refractivity contribution < 1.29 is 9.63 Å². The molecule has 0 unspecified atom stereocenters. The second-order valence-corrected chi connectivity index (χ2v) is 5.62. The van der Waals surface area contributed by atoms with Crippen LogP contribution in [0.25, 0.3) is 6.08 Å². The van der Waals surface area contributed by atoms with Gasteiger partial charge in [0.25, 0.3) is 5.91 Å². The van der Waals surface area contributed by atoms with E-state index < -0.39 is 5.91 Å². The molecule has 7 heteroatoms. The van der Waals surface area contributed by atoms with Gasteiger partial charge in [0.05, 0.1) is 10.0 Å². The van der Waals surface area contributed by atoms with E-state index in [0.717, 1.165) is 17.5 Å². The lowest BCUT2D eigenvalue weighted by molar-refractivity contribution is -0.115. The summed E-state index contributed by atoms with van der Waals surface area (Å²) in [5, 5.41) is 15.9. The average molecular weight is 374 g/mol. The van der Waals surface area contributed by atoms with E-state index in [2.05, 4.69) is 10.5 Å². The van der Waals surface area contributed by atoms with Crippen molar-refractivity contribution in [1.29, 1.82) is 5.26 Å². The van der Waals surface area contributed by atoms with Crippen molar-refractivity contribution in [2.24, 2.45) is 5.16 Å². The van der Waals surface area contributed by atoms with Crippen LogP contribution in [0.1, 0.15) is 11.1 Å². The second kappa shape index (κ2) is 9.48. The summed E-state index contributed by atoms with van der Waals surface area (Å²) in [7, 11) is 0. The van der Waals surface area contributed by atoms with Crippen molar-refractivity contribution in [1.82, 2.24) is 5.32 Å². The van der Waals surface area contributed by atoms with E-state index in [4.69, 9.17) is 33.3 Å². The zero-order chi connectivity index (χ0) is 18.1. The quantitative estimate of drug-likeness (QED) is 0.271. The Morgan fingerprint density at radius 2 is 1.96 bits per heavy atom. The number of benzene rings is 2. The van der Waals surface area contributed by atoms with Crippen LogP contribution in [0.3, 0.4) is 0 Å². The minimum Gasteiger partial charge on any atom is -0.390 e. The highest BCUT2D eigenvalue weighted by atomic mass is 35.5. The molecule has 5 nitrogen and oxygen atoms in total. The van der Waals surface area contributed by atoms with Crippen molar-refractivity contribution in [2.45, 2.75) is 6.61 Å². The van der Waals surface area contributed by atoms with Crippen LogP contribution >= 0.6 is 23.2 Å². The number of nitrogens with zero attached hydrogens (tertiary/aromatic N) is 2. The van der Waals surface area contributed by atoms with Gasteiger partial charge < -0.3 is 10.2 Å². The molecule has 0 saturated heterocycles. The number of rotatable bonds is 6. The molecule has 0 spiro atoms. The Labute approximate surface area is 155 Å². The largest absolute Gasteiger partial charge is 0.390 e. The molecule has 1 amide bonds. The zero-order valence-corrected chi connectivity index (χ0v) is 14.5. The van der Waals surface area contributed by atoms with Crippen molar-refractivity contribution in [3.63, 3.8) is 0 Å². The minimum atomic E-state index is -0.576. The molecule has 0 aliphatic heterocycles. The first-order chi connectivity index (χ1) is 12.1. The van der Waals surface area contributed by atoms with Crippen LogP contribution in [0.4, 0.5) is 0 Å². The number of amides is 1. The van der Waals surface area contributed by atoms with Gasteiger partial charge >= 0.3 is 0 Å². The van der Waals surface area contributed by atoms with Crippen molar-refractivity contribution >= 4 is 41.5 Å². The molecular weight excluding hydrogens is 361 g/mol. The fourth-order valence-electron chi connectivity index (χ4n) is 1.81. The monoisotopic (exact) mass is 373 g/mol.